The molecule has 0 aromatic heterocycles. The van der Waals surface area contributed by atoms with Crippen molar-refractivity contribution in [2.45, 2.75) is 57.8 Å². The molecule has 0 bridgehead atoms. The monoisotopic (exact) mass is 263 g/mol. The molecule has 0 radical (unpaired) electrons. The van der Waals surface area contributed by atoms with Crippen LogP contribution in [0.2, 0.25) is 0 Å². The highest BCUT2D eigenvalue weighted by molar-refractivity contribution is 7.96. The maximum Gasteiger partial charge on any atom is 0.154 e. The van der Waals surface area contributed by atoms with Gasteiger partial charge in [0.15, 0.2) is 4.90 Å². The largest absolute Gasteiger partial charge is 0.154 e. The molecule has 1 saturated heterocycles. The highest BCUT2D eigenvalue weighted by Gasteiger charge is 2.34. The van der Waals surface area contributed by atoms with E-state index >= 15 is 0 Å². The summed E-state index contributed by atoms with van der Waals surface area (Å²) in [6.45, 7) is 11.7. The van der Waals surface area contributed by atoms with Gasteiger partial charge in [-0.05, 0) is 41.4 Å². The number of hydrogen-bond donors (Lipinski definition) is 0. The summed E-state index contributed by atoms with van der Waals surface area (Å²) in [5.41, 5.74) is 2.30. The highest BCUT2D eigenvalue weighted by Crippen LogP contribution is 2.35. The Hall–Kier alpha value is -0.430. The normalized spacial score (nSPS) is 20.9. The molecule has 1 fully saturated rings. The minimum Gasteiger partial charge on any atom is -0.0596 e. The van der Waals surface area contributed by atoms with Crippen molar-refractivity contribution in [3.8, 4) is 0 Å². The van der Waals surface area contributed by atoms with Crippen LogP contribution in [0.5, 0.6) is 0 Å². The van der Waals surface area contributed by atoms with Gasteiger partial charge < -0.3 is 0 Å². The summed E-state index contributed by atoms with van der Waals surface area (Å²) in [6.07, 6.45) is 2.77. The van der Waals surface area contributed by atoms with Crippen LogP contribution in [0.1, 0.15) is 53.0 Å². The van der Waals surface area contributed by atoms with Crippen LogP contribution in [0.4, 0.5) is 0 Å². The molecule has 18 heavy (non-hydrogen) atoms. The summed E-state index contributed by atoms with van der Waals surface area (Å²) in [7, 11) is 0.510. The topological polar surface area (TPSA) is 0 Å². The van der Waals surface area contributed by atoms with Crippen molar-refractivity contribution in [3.63, 3.8) is 0 Å². The fraction of sp³-hybridized carbons (Fsp3) is 0.647. The lowest BCUT2D eigenvalue weighted by Gasteiger charge is -2.29. The van der Waals surface area contributed by atoms with Gasteiger partial charge in [0.1, 0.15) is 11.5 Å². The predicted octanol–water partition coefficient (Wildman–Crippen LogP) is 4.78. The fourth-order valence-corrected chi connectivity index (χ4v) is 5.20. The maximum absolute atomic E-state index is 2.41. The van der Waals surface area contributed by atoms with Crippen molar-refractivity contribution in [2.75, 3.05) is 11.5 Å². The van der Waals surface area contributed by atoms with Gasteiger partial charge in [0.25, 0.3) is 0 Å². The second-order valence-corrected chi connectivity index (χ2v) is 9.61. The van der Waals surface area contributed by atoms with E-state index in [1.807, 2.05) is 0 Å². The Morgan fingerprint density at radius 1 is 0.944 bits per heavy atom. The van der Waals surface area contributed by atoms with Gasteiger partial charge in [0, 0.05) is 10.9 Å². The Morgan fingerprint density at radius 3 is 1.89 bits per heavy atom. The second kappa shape index (κ2) is 4.92. The Balaban J connectivity index is 2.07. The summed E-state index contributed by atoms with van der Waals surface area (Å²) in [5.74, 6) is 2.78. The first-order valence-electron chi connectivity index (χ1n) is 7.06. The van der Waals surface area contributed by atoms with Gasteiger partial charge >= 0.3 is 0 Å². The third-order valence-corrected chi connectivity index (χ3v) is 6.44. The molecule has 2 rings (SSSR count). The van der Waals surface area contributed by atoms with E-state index in [-0.39, 0.29) is 5.41 Å². The molecule has 100 valence electrons. The molecule has 0 spiro atoms. The molecule has 0 N–H and O–H groups in total. The predicted molar refractivity (Wildman–Crippen MR) is 83.5 cm³/mol. The minimum absolute atomic E-state index is 0.274. The van der Waals surface area contributed by atoms with Gasteiger partial charge in [-0.15, -0.1) is 0 Å². The van der Waals surface area contributed by atoms with Gasteiger partial charge in [0.05, 0.1) is 0 Å². The van der Waals surface area contributed by atoms with Gasteiger partial charge in [0.2, 0.25) is 0 Å². The van der Waals surface area contributed by atoms with Crippen molar-refractivity contribution in [1.82, 2.24) is 0 Å². The average Bonchev–Trinajstić information content (AvgIpc) is 2.28. The molecule has 0 aliphatic carbocycles. The zero-order valence-corrected chi connectivity index (χ0v) is 13.4. The van der Waals surface area contributed by atoms with Crippen LogP contribution >= 0.6 is 0 Å². The van der Waals surface area contributed by atoms with Crippen molar-refractivity contribution >= 4 is 10.9 Å². The lowest BCUT2D eigenvalue weighted by atomic mass is 9.87. The molecule has 0 saturated carbocycles. The van der Waals surface area contributed by atoms with Gasteiger partial charge in [-0.1, -0.05) is 46.8 Å². The molecule has 1 aromatic carbocycles. The van der Waals surface area contributed by atoms with Crippen molar-refractivity contribution in [3.05, 3.63) is 29.8 Å². The van der Waals surface area contributed by atoms with E-state index in [1.165, 1.54) is 29.9 Å². The van der Waals surface area contributed by atoms with Gasteiger partial charge in [-0.2, -0.15) is 0 Å². The standard InChI is InChI=1S/C17H27S/c1-16(2,3)14-6-8-15(9-7-14)18-12-10-17(4,5)11-13-18/h6-9H,10-13H2,1-5H3/q+1. The van der Waals surface area contributed by atoms with E-state index in [4.69, 9.17) is 0 Å². The van der Waals surface area contributed by atoms with Crippen LogP contribution in [0.25, 0.3) is 0 Å². The summed E-state index contributed by atoms with van der Waals surface area (Å²) in [6, 6.07) is 9.42. The van der Waals surface area contributed by atoms with Crippen molar-refractivity contribution < 1.29 is 0 Å². The lowest BCUT2D eigenvalue weighted by Crippen LogP contribution is -2.29. The molecule has 0 nitrogen and oxygen atoms in total. The second-order valence-electron chi connectivity index (χ2n) is 7.34. The third kappa shape index (κ3) is 3.32. The van der Waals surface area contributed by atoms with Crippen molar-refractivity contribution in [2.24, 2.45) is 5.41 Å². The SMILES string of the molecule is CC1(C)CC[S+](c2ccc(C(C)(C)C)cc2)CC1. The maximum atomic E-state index is 2.41. The molecular weight excluding hydrogens is 236 g/mol. The number of rotatable bonds is 1. The van der Waals surface area contributed by atoms with E-state index in [0.29, 0.717) is 16.3 Å². The first-order chi connectivity index (χ1) is 8.28. The summed E-state index contributed by atoms with van der Waals surface area (Å²) < 4.78 is 0. The van der Waals surface area contributed by atoms with Crippen LogP contribution in [-0.2, 0) is 16.3 Å². The van der Waals surface area contributed by atoms with Crippen molar-refractivity contribution in [1.29, 1.82) is 0 Å². The van der Waals surface area contributed by atoms with E-state index in [1.54, 1.807) is 4.90 Å². The molecule has 1 heterocycles. The van der Waals surface area contributed by atoms with E-state index < -0.39 is 0 Å². The molecule has 0 amide bonds. The number of benzene rings is 1. The molecular formula is C17H27S+. The first kappa shape index (κ1) is 14.0. The Bertz CT molecular complexity index is 385. The fourth-order valence-electron chi connectivity index (χ4n) is 2.41. The highest BCUT2D eigenvalue weighted by atomic mass is 32.2. The molecule has 1 aromatic rings. The molecule has 1 heteroatoms. The van der Waals surface area contributed by atoms with E-state index in [0.717, 1.165) is 0 Å². The quantitative estimate of drug-likeness (QED) is 0.640. The van der Waals surface area contributed by atoms with Crippen LogP contribution in [0.15, 0.2) is 29.2 Å². The zero-order valence-electron chi connectivity index (χ0n) is 12.5. The van der Waals surface area contributed by atoms with E-state index in [9.17, 15) is 0 Å². The van der Waals surface area contributed by atoms with Gasteiger partial charge in [-0.3, -0.25) is 0 Å². The molecule has 0 unspecified atom stereocenters. The molecule has 1 aliphatic heterocycles. The minimum atomic E-state index is 0.274. The van der Waals surface area contributed by atoms with Crippen LogP contribution in [-0.4, -0.2) is 11.5 Å². The lowest BCUT2D eigenvalue weighted by molar-refractivity contribution is 0.334. The van der Waals surface area contributed by atoms with Crippen LogP contribution in [0.3, 0.4) is 0 Å². The smallest absolute Gasteiger partial charge is 0.0596 e. The summed E-state index contributed by atoms with van der Waals surface area (Å²) >= 11 is 0. The van der Waals surface area contributed by atoms with Crippen LogP contribution < -0.4 is 0 Å². The summed E-state index contributed by atoms with van der Waals surface area (Å²) in [4.78, 5) is 1.58. The van der Waals surface area contributed by atoms with Crippen LogP contribution in [0, 0.1) is 5.41 Å². The molecule has 1 aliphatic rings. The molecule has 0 atom stereocenters. The number of hydrogen-bond acceptors (Lipinski definition) is 0. The Labute approximate surface area is 116 Å². The Morgan fingerprint density at radius 2 is 1.44 bits per heavy atom. The van der Waals surface area contributed by atoms with E-state index in [2.05, 4.69) is 58.9 Å². The summed E-state index contributed by atoms with van der Waals surface area (Å²) in [5, 5.41) is 0. The third-order valence-electron chi connectivity index (χ3n) is 4.10. The zero-order chi connectivity index (χ0) is 13.4. The average molecular weight is 263 g/mol. The van der Waals surface area contributed by atoms with Gasteiger partial charge in [-0.25, -0.2) is 0 Å². The first-order valence-corrected chi connectivity index (χ1v) is 8.62. The Kier molecular flexibility index (Phi) is 3.82.